The third-order valence-corrected chi connectivity index (χ3v) is 5.24. The summed E-state index contributed by atoms with van der Waals surface area (Å²) in [6.45, 7) is 1.75. The Kier molecular flexibility index (Phi) is 5.36. The van der Waals surface area contributed by atoms with Crippen LogP contribution in [0.4, 0.5) is 5.69 Å². The van der Waals surface area contributed by atoms with E-state index in [0.29, 0.717) is 31.4 Å². The number of benzene rings is 1. The molecule has 6 heteroatoms. The molecule has 1 aliphatic carbocycles. The van der Waals surface area contributed by atoms with Crippen molar-refractivity contribution in [2.24, 2.45) is 11.8 Å². The van der Waals surface area contributed by atoms with Gasteiger partial charge in [0.05, 0.1) is 11.8 Å². The summed E-state index contributed by atoms with van der Waals surface area (Å²) in [4.78, 5) is 37.1. The van der Waals surface area contributed by atoms with Gasteiger partial charge in [-0.05, 0) is 49.8 Å². The molecule has 2 N–H and O–H groups in total. The number of carbonyl (C=O) groups excluding carboxylic acids is 2. The molecule has 6 nitrogen and oxygen atoms in total. The molecule has 0 spiro atoms. The highest BCUT2D eigenvalue weighted by Gasteiger charge is 2.41. The largest absolute Gasteiger partial charge is 0.481 e. The van der Waals surface area contributed by atoms with Gasteiger partial charge >= 0.3 is 5.97 Å². The van der Waals surface area contributed by atoms with Gasteiger partial charge in [0, 0.05) is 25.2 Å². The molecule has 2 atom stereocenters. The molecule has 2 aliphatic rings. The zero-order chi connectivity index (χ0) is 17.8. The molecular weight excluding hydrogens is 320 g/mol. The Morgan fingerprint density at radius 3 is 2.24 bits per heavy atom. The molecule has 1 saturated heterocycles. The number of hydrogen-bond acceptors (Lipinski definition) is 3. The number of amides is 2. The molecule has 0 bridgehead atoms. The highest BCUT2D eigenvalue weighted by Crippen LogP contribution is 2.35. The maximum Gasteiger partial charge on any atom is 0.307 e. The van der Waals surface area contributed by atoms with E-state index in [4.69, 9.17) is 5.11 Å². The quantitative estimate of drug-likeness (QED) is 0.829. The number of carboxylic acids is 1. The Morgan fingerprint density at radius 1 is 1.04 bits per heavy atom. The van der Waals surface area contributed by atoms with E-state index < -0.39 is 17.8 Å². The molecule has 134 valence electrons. The van der Waals surface area contributed by atoms with Gasteiger partial charge in [-0.1, -0.05) is 12.1 Å². The standard InChI is InChI=1S/C19H24N2O4/c22-17(21-11-1-2-12-21)10-5-13-3-6-14(7-4-13)20-18(23)15-8-9-16(15)19(24)25/h3-4,6-7,15-16H,1-2,5,8-12H2,(H,20,23)(H,24,25)/t15-,16+/m0/s1. The van der Waals surface area contributed by atoms with Crippen molar-refractivity contribution in [1.82, 2.24) is 4.90 Å². The van der Waals surface area contributed by atoms with Crippen molar-refractivity contribution in [2.45, 2.75) is 38.5 Å². The van der Waals surface area contributed by atoms with Crippen LogP contribution < -0.4 is 5.32 Å². The molecule has 1 heterocycles. The first-order valence-corrected chi connectivity index (χ1v) is 8.95. The minimum Gasteiger partial charge on any atom is -0.481 e. The van der Waals surface area contributed by atoms with Crippen molar-refractivity contribution in [3.05, 3.63) is 29.8 Å². The Hall–Kier alpha value is -2.37. The Labute approximate surface area is 147 Å². The fourth-order valence-electron chi connectivity index (χ4n) is 3.48. The number of aryl methyl sites for hydroxylation is 1. The minimum absolute atomic E-state index is 0.208. The van der Waals surface area contributed by atoms with E-state index in [1.54, 1.807) is 0 Å². The summed E-state index contributed by atoms with van der Waals surface area (Å²) in [5.41, 5.74) is 1.72. The van der Waals surface area contributed by atoms with Gasteiger partial charge in [0.25, 0.3) is 0 Å². The molecule has 1 aromatic rings. The zero-order valence-corrected chi connectivity index (χ0v) is 14.2. The van der Waals surface area contributed by atoms with Gasteiger partial charge in [-0.15, -0.1) is 0 Å². The molecule has 3 rings (SSSR count). The monoisotopic (exact) mass is 344 g/mol. The van der Waals surface area contributed by atoms with Crippen molar-refractivity contribution < 1.29 is 19.5 Å². The lowest BCUT2D eigenvalue weighted by Crippen LogP contribution is -2.41. The van der Waals surface area contributed by atoms with E-state index in [1.165, 1.54) is 0 Å². The maximum absolute atomic E-state index is 12.1. The summed E-state index contributed by atoms with van der Waals surface area (Å²) in [6, 6.07) is 7.43. The second kappa shape index (κ2) is 7.68. The van der Waals surface area contributed by atoms with Crippen molar-refractivity contribution >= 4 is 23.5 Å². The fourth-order valence-corrected chi connectivity index (χ4v) is 3.48. The van der Waals surface area contributed by atoms with Gasteiger partial charge < -0.3 is 15.3 Å². The summed E-state index contributed by atoms with van der Waals surface area (Å²) < 4.78 is 0. The number of rotatable bonds is 6. The van der Waals surface area contributed by atoms with Crippen LogP contribution in [0.5, 0.6) is 0 Å². The number of carbonyl (C=O) groups is 3. The molecule has 0 radical (unpaired) electrons. The van der Waals surface area contributed by atoms with Crippen LogP contribution in [0.3, 0.4) is 0 Å². The molecular formula is C19H24N2O4. The number of nitrogens with zero attached hydrogens (tertiary/aromatic N) is 1. The van der Waals surface area contributed by atoms with Crippen molar-refractivity contribution in [1.29, 1.82) is 0 Å². The number of likely N-dealkylation sites (tertiary alicyclic amines) is 1. The molecule has 0 unspecified atom stereocenters. The van der Waals surface area contributed by atoms with Gasteiger partial charge in [-0.25, -0.2) is 0 Å². The van der Waals surface area contributed by atoms with Crippen molar-refractivity contribution in [3.63, 3.8) is 0 Å². The average molecular weight is 344 g/mol. The molecule has 25 heavy (non-hydrogen) atoms. The first-order valence-electron chi connectivity index (χ1n) is 8.95. The second-order valence-electron chi connectivity index (χ2n) is 6.90. The zero-order valence-electron chi connectivity index (χ0n) is 14.2. The lowest BCUT2D eigenvalue weighted by molar-refractivity contribution is -0.151. The smallest absolute Gasteiger partial charge is 0.307 e. The van der Waals surface area contributed by atoms with Crippen LogP contribution in [0, 0.1) is 11.8 Å². The summed E-state index contributed by atoms with van der Waals surface area (Å²) in [5, 5.41) is 11.8. The van der Waals surface area contributed by atoms with Gasteiger partial charge in [-0.2, -0.15) is 0 Å². The minimum atomic E-state index is -0.899. The van der Waals surface area contributed by atoms with Gasteiger partial charge in [0.15, 0.2) is 0 Å². The lowest BCUT2D eigenvalue weighted by atomic mass is 9.73. The van der Waals surface area contributed by atoms with E-state index in [-0.39, 0.29) is 11.8 Å². The van der Waals surface area contributed by atoms with Crippen LogP contribution in [0.25, 0.3) is 0 Å². The van der Waals surface area contributed by atoms with Gasteiger partial charge in [-0.3, -0.25) is 14.4 Å². The Balaban J connectivity index is 1.47. The number of anilines is 1. The van der Waals surface area contributed by atoms with Crippen LogP contribution in [-0.4, -0.2) is 40.9 Å². The molecule has 0 aromatic heterocycles. The predicted molar refractivity (Wildman–Crippen MR) is 93.1 cm³/mol. The SMILES string of the molecule is O=C(Nc1ccc(CCC(=O)N2CCCC2)cc1)[C@H]1CC[C@H]1C(=O)O. The summed E-state index contributed by atoms with van der Waals surface area (Å²) in [5.74, 6) is -1.91. The highest BCUT2D eigenvalue weighted by atomic mass is 16.4. The number of hydrogen-bond donors (Lipinski definition) is 2. The van der Waals surface area contributed by atoms with Crippen LogP contribution >= 0.6 is 0 Å². The highest BCUT2D eigenvalue weighted by molar-refractivity contribution is 5.96. The number of nitrogens with one attached hydrogen (secondary N) is 1. The third-order valence-electron chi connectivity index (χ3n) is 5.24. The summed E-state index contributed by atoms with van der Waals surface area (Å²) in [6.07, 6.45) is 4.59. The molecule has 2 fully saturated rings. The summed E-state index contributed by atoms with van der Waals surface area (Å²) >= 11 is 0. The van der Waals surface area contributed by atoms with Gasteiger partial charge in [0.2, 0.25) is 11.8 Å². The van der Waals surface area contributed by atoms with E-state index >= 15 is 0 Å². The lowest BCUT2D eigenvalue weighted by Gasteiger charge is -2.31. The number of carboxylic acid groups (broad SMARTS) is 1. The topological polar surface area (TPSA) is 86.7 Å². The Morgan fingerprint density at radius 2 is 1.68 bits per heavy atom. The van der Waals surface area contributed by atoms with Crippen molar-refractivity contribution in [3.8, 4) is 0 Å². The summed E-state index contributed by atoms with van der Waals surface area (Å²) in [7, 11) is 0. The maximum atomic E-state index is 12.1. The van der Waals surface area contributed by atoms with E-state index in [9.17, 15) is 14.4 Å². The Bertz CT molecular complexity index is 650. The second-order valence-corrected chi connectivity index (χ2v) is 6.90. The average Bonchev–Trinajstić information content (AvgIpc) is 3.06. The van der Waals surface area contributed by atoms with E-state index in [1.807, 2.05) is 29.2 Å². The number of aliphatic carboxylic acids is 1. The molecule has 1 aliphatic heterocycles. The first-order chi connectivity index (χ1) is 12.0. The predicted octanol–water partition coefficient (Wildman–Crippen LogP) is 2.29. The molecule has 1 aromatic carbocycles. The molecule has 2 amide bonds. The van der Waals surface area contributed by atoms with Gasteiger partial charge in [0.1, 0.15) is 0 Å². The van der Waals surface area contributed by atoms with Crippen LogP contribution in [0.1, 0.15) is 37.7 Å². The van der Waals surface area contributed by atoms with Crippen molar-refractivity contribution in [2.75, 3.05) is 18.4 Å². The van der Waals surface area contributed by atoms with E-state index in [0.717, 1.165) is 31.5 Å². The van der Waals surface area contributed by atoms with Crippen LogP contribution in [0.15, 0.2) is 24.3 Å². The fraction of sp³-hybridized carbons (Fsp3) is 0.526. The normalized spacial score (nSPS) is 22.3. The first kappa shape index (κ1) is 17.5. The van der Waals surface area contributed by atoms with Crippen LogP contribution in [-0.2, 0) is 20.8 Å². The third kappa shape index (κ3) is 4.18. The molecule has 1 saturated carbocycles. The van der Waals surface area contributed by atoms with Crippen LogP contribution in [0.2, 0.25) is 0 Å². The van der Waals surface area contributed by atoms with E-state index in [2.05, 4.69) is 5.32 Å².